The molecule has 0 spiro atoms. The molecule has 1 aromatic heterocycles. The summed E-state index contributed by atoms with van der Waals surface area (Å²) < 4.78 is 11.0. The van der Waals surface area contributed by atoms with Crippen molar-refractivity contribution in [1.82, 2.24) is 4.98 Å². The van der Waals surface area contributed by atoms with Crippen molar-refractivity contribution in [3.05, 3.63) is 59.8 Å². The number of ether oxygens (including phenoxy) is 2. The molecule has 0 radical (unpaired) electrons. The lowest BCUT2D eigenvalue weighted by molar-refractivity contribution is -0.00461. The fourth-order valence-electron chi connectivity index (χ4n) is 2.93. The maximum atomic E-state index is 5.50. The molecule has 1 fully saturated rings. The summed E-state index contributed by atoms with van der Waals surface area (Å²) in [5.41, 5.74) is 2.36. The Balaban J connectivity index is 1.74. The average molecular weight is 298 g/mol. The van der Waals surface area contributed by atoms with Crippen molar-refractivity contribution in [2.75, 3.05) is 32.2 Å². The van der Waals surface area contributed by atoms with Gasteiger partial charge in [-0.05, 0) is 17.7 Å². The molecule has 2 heterocycles. The van der Waals surface area contributed by atoms with Gasteiger partial charge in [0.05, 0.1) is 0 Å². The van der Waals surface area contributed by atoms with E-state index in [0.717, 1.165) is 31.0 Å². The van der Waals surface area contributed by atoms with Crippen LogP contribution in [0.5, 0.6) is 0 Å². The number of hydrogen-bond acceptors (Lipinski definition) is 4. The molecule has 1 aromatic carbocycles. The fraction of sp³-hybridized carbons (Fsp3) is 0.389. The van der Waals surface area contributed by atoms with Crippen molar-refractivity contribution in [3.63, 3.8) is 0 Å². The SMILES string of the molecule is CO[C@@H]1CN(c2cccc(Cc3ccccc3)n2)C[C@H]1OC. The van der Waals surface area contributed by atoms with Gasteiger partial charge in [-0.1, -0.05) is 36.4 Å². The normalized spacial score (nSPS) is 21.3. The van der Waals surface area contributed by atoms with E-state index in [0.29, 0.717) is 0 Å². The zero-order valence-electron chi connectivity index (χ0n) is 13.1. The molecule has 22 heavy (non-hydrogen) atoms. The summed E-state index contributed by atoms with van der Waals surface area (Å²) in [6.45, 7) is 1.63. The molecule has 2 aromatic rings. The van der Waals surface area contributed by atoms with Gasteiger partial charge in [0.15, 0.2) is 0 Å². The van der Waals surface area contributed by atoms with Crippen molar-refractivity contribution in [2.24, 2.45) is 0 Å². The molecule has 4 nitrogen and oxygen atoms in total. The predicted octanol–water partition coefficient (Wildman–Crippen LogP) is 2.52. The van der Waals surface area contributed by atoms with Crippen molar-refractivity contribution in [1.29, 1.82) is 0 Å². The van der Waals surface area contributed by atoms with Gasteiger partial charge in [0.25, 0.3) is 0 Å². The average Bonchev–Trinajstić information content (AvgIpc) is 2.99. The van der Waals surface area contributed by atoms with Gasteiger partial charge in [-0.25, -0.2) is 4.98 Å². The molecule has 1 saturated heterocycles. The summed E-state index contributed by atoms with van der Waals surface area (Å²) >= 11 is 0. The first-order valence-electron chi connectivity index (χ1n) is 7.60. The van der Waals surface area contributed by atoms with Crippen LogP contribution in [0, 0.1) is 0 Å². The van der Waals surface area contributed by atoms with E-state index in [4.69, 9.17) is 14.5 Å². The molecular formula is C18H22N2O2. The molecule has 2 atom stereocenters. The van der Waals surface area contributed by atoms with Crippen molar-refractivity contribution < 1.29 is 9.47 Å². The Kier molecular flexibility index (Phi) is 4.71. The third-order valence-corrected chi connectivity index (χ3v) is 4.16. The van der Waals surface area contributed by atoms with Crippen molar-refractivity contribution >= 4 is 5.82 Å². The van der Waals surface area contributed by atoms with Crippen LogP contribution < -0.4 is 4.90 Å². The first-order valence-corrected chi connectivity index (χ1v) is 7.60. The summed E-state index contributed by atoms with van der Waals surface area (Å²) in [4.78, 5) is 7.04. The van der Waals surface area contributed by atoms with E-state index in [1.807, 2.05) is 6.07 Å². The lowest BCUT2D eigenvalue weighted by atomic mass is 10.1. The number of nitrogens with zero attached hydrogens (tertiary/aromatic N) is 2. The monoisotopic (exact) mass is 298 g/mol. The van der Waals surface area contributed by atoms with Gasteiger partial charge in [0.1, 0.15) is 18.0 Å². The van der Waals surface area contributed by atoms with Crippen LogP contribution in [0.2, 0.25) is 0 Å². The largest absolute Gasteiger partial charge is 0.377 e. The molecule has 1 aliphatic rings. The molecule has 116 valence electrons. The van der Waals surface area contributed by atoms with Crippen molar-refractivity contribution in [2.45, 2.75) is 18.6 Å². The van der Waals surface area contributed by atoms with Crippen LogP contribution in [-0.4, -0.2) is 44.5 Å². The summed E-state index contributed by atoms with van der Waals surface area (Å²) in [7, 11) is 3.47. The van der Waals surface area contributed by atoms with E-state index in [-0.39, 0.29) is 12.2 Å². The predicted molar refractivity (Wildman–Crippen MR) is 87.3 cm³/mol. The first-order chi connectivity index (χ1) is 10.8. The molecule has 0 saturated carbocycles. The van der Waals surface area contributed by atoms with Crippen LogP contribution in [0.25, 0.3) is 0 Å². The van der Waals surface area contributed by atoms with Gasteiger partial charge in [0.2, 0.25) is 0 Å². The third kappa shape index (κ3) is 3.29. The van der Waals surface area contributed by atoms with Crippen LogP contribution in [-0.2, 0) is 15.9 Å². The van der Waals surface area contributed by atoms with E-state index in [9.17, 15) is 0 Å². The number of rotatable bonds is 5. The van der Waals surface area contributed by atoms with E-state index < -0.39 is 0 Å². The highest BCUT2D eigenvalue weighted by Gasteiger charge is 2.33. The first kappa shape index (κ1) is 15.0. The molecule has 0 unspecified atom stereocenters. The molecule has 4 heteroatoms. The van der Waals surface area contributed by atoms with Crippen LogP contribution >= 0.6 is 0 Å². The minimum atomic E-state index is 0.101. The van der Waals surface area contributed by atoms with E-state index in [2.05, 4.69) is 47.4 Å². The van der Waals surface area contributed by atoms with Crippen LogP contribution in [0.3, 0.4) is 0 Å². The Morgan fingerprint density at radius 2 is 1.64 bits per heavy atom. The zero-order chi connectivity index (χ0) is 15.4. The van der Waals surface area contributed by atoms with Crippen LogP contribution in [0.15, 0.2) is 48.5 Å². The standard InChI is InChI=1S/C18H22N2O2/c1-21-16-12-20(13-17(16)22-2)18-10-6-9-15(19-18)11-14-7-4-3-5-8-14/h3-10,16-17H,11-13H2,1-2H3/t16-,17-/m1/s1. The second-order valence-corrected chi connectivity index (χ2v) is 5.60. The Bertz CT molecular complexity index is 591. The minimum Gasteiger partial charge on any atom is -0.377 e. The number of aromatic nitrogens is 1. The highest BCUT2D eigenvalue weighted by atomic mass is 16.5. The van der Waals surface area contributed by atoms with Crippen LogP contribution in [0.4, 0.5) is 5.82 Å². The van der Waals surface area contributed by atoms with Gasteiger partial charge in [0, 0.05) is 39.4 Å². The molecular weight excluding hydrogens is 276 g/mol. The van der Waals surface area contributed by atoms with E-state index >= 15 is 0 Å². The molecule has 1 aliphatic heterocycles. The van der Waals surface area contributed by atoms with Gasteiger partial charge in [-0.15, -0.1) is 0 Å². The number of benzene rings is 1. The Hall–Kier alpha value is -1.91. The lowest BCUT2D eigenvalue weighted by Crippen LogP contribution is -2.27. The number of anilines is 1. The Labute approximate surface area is 131 Å². The van der Waals surface area contributed by atoms with E-state index in [1.165, 1.54) is 5.56 Å². The lowest BCUT2D eigenvalue weighted by Gasteiger charge is -2.17. The second-order valence-electron chi connectivity index (χ2n) is 5.60. The highest BCUT2D eigenvalue weighted by molar-refractivity contribution is 5.42. The molecule has 0 bridgehead atoms. The van der Waals surface area contributed by atoms with Crippen molar-refractivity contribution in [3.8, 4) is 0 Å². The maximum Gasteiger partial charge on any atom is 0.128 e. The van der Waals surface area contributed by atoms with E-state index in [1.54, 1.807) is 14.2 Å². The summed E-state index contributed by atoms with van der Waals surface area (Å²) in [6.07, 6.45) is 1.05. The quantitative estimate of drug-likeness (QED) is 0.849. The number of pyridine rings is 1. The highest BCUT2D eigenvalue weighted by Crippen LogP contribution is 2.22. The van der Waals surface area contributed by atoms with Gasteiger partial charge < -0.3 is 14.4 Å². The topological polar surface area (TPSA) is 34.6 Å². The molecule has 3 rings (SSSR count). The van der Waals surface area contributed by atoms with Gasteiger partial charge in [-0.3, -0.25) is 0 Å². The maximum absolute atomic E-state index is 5.50. The molecule has 0 N–H and O–H groups in total. The summed E-state index contributed by atoms with van der Waals surface area (Å²) in [5, 5.41) is 0. The Morgan fingerprint density at radius 3 is 2.27 bits per heavy atom. The minimum absolute atomic E-state index is 0.101. The third-order valence-electron chi connectivity index (χ3n) is 4.16. The number of hydrogen-bond donors (Lipinski definition) is 0. The van der Waals surface area contributed by atoms with Gasteiger partial charge >= 0.3 is 0 Å². The number of methoxy groups -OCH3 is 2. The second kappa shape index (κ2) is 6.90. The molecule has 0 amide bonds. The Morgan fingerprint density at radius 1 is 0.955 bits per heavy atom. The summed E-state index contributed by atoms with van der Waals surface area (Å²) in [6, 6.07) is 16.6. The van der Waals surface area contributed by atoms with Crippen LogP contribution in [0.1, 0.15) is 11.3 Å². The zero-order valence-corrected chi connectivity index (χ0v) is 13.1. The van der Waals surface area contributed by atoms with Gasteiger partial charge in [-0.2, -0.15) is 0 Å². The fourth-order valence-corrected chi connectivity index (χ4v) is 2.93. The summed E-state index contributed by atoms with van der Waals surface area (Å²) in [5.74, 6) is 0.995. The smallest absolute Gasteiger partial charge is 0.128 e. The molecule has 0 aliphatic carbocycles.